The molecule has 1 rings (SSSR count). The van der Waals surface area contributed by atoms with Crippen LogP contribution in [0.25, 0.3) is 0 Å². The number of aryl methyl sites for hydroxylation is 3. The van der Waals surface area contributed by atoms with Crippen LogP contribution in [0.15, 0.2) is 12.1 Å². The highest BCUT2D eigenvalue weighted by molar-refractivity contribution is 5.21. The zero-order valence-electron chi connectivity index (χ0n) is 7.46. The average Bonchev–Trinajstić information content (AvgIpc) is 2.07. The van der Waals surface area contributed by atoms with E-state index in [0.29, 0.717) is 6.42 Å². The van der Waals surface area contributed by atoms with E-state index < -0.39 is 0 Å². The van der Waals surface area contributed by atoms with E-state index in [1.165, 1.54) is 5.56 Å². The van der Waals surface area contributed by atoms with Gasteiger partial charge in [0.2, 0.25) is 0 Å². The van der Waals surface area contributed by atoms with E-state index in [0.717, 1.165) is 17.8 Å². The molecule has 0 aliphatic carbocycles. The maximum Gasteiger partial charge on any atom is 0.0625 e. The summed E-state index contributed by atoms with van der Waals surface area (Å²) in [4.78, 5) is 4.36. The zero-order valence-corrected chi connectivity index (χ0v) is 7.46. The number of rotatable bonds is 2. The lowest BCUT2D eigenvalue weighted by molar-refractivity contribution is 0.920. The van der Waals surface area contributed by atoms with Crippen LogP contribution in [-0.2, 0) is 6.42 Å². The molecule has 0 amide bonds. The molecular formula is C10H12N2. The summed E-state index contributed by atoms with van der Waals surface area (Å²) in [5.41, 5.74) is 3.25. The summed E-state index contributed by atoms with van der Waals surface area (Å²) >= 11 is 0. The molecule has 0 aromatic carbocycles. The van der Waals surface area contributed by atoms with Gasteiger partial charge in [0.15, 0.2) is 0 Å². The number of aromatic nitrogens is 1. The van der Waals surface area contributed by atoms with E-state index in [9.17, 15) is 0 Å². The molecule has 0 aliphatic heterocycles. The van der Waals surface area contributed by atoms with Gasteiger partial charge in [0.25, 0.3) is 0 Å². The van der Waals surface area contributed by atoms with Gasteiger partial charge >= 0.3 is 0 Å². The predicted molar refractivity (Wildman–Crippen MR) is 47.6 cm³/mol. The van der Waals surface area contributed by atoms with Crippen LogP contribution in [-0.4, -0.2) is 4.98 Å². The van der Waals surface area contributed by atoms with Crippen LogP contribution >= 0.6 is 0 Å². The van der Waals surface area contributed by atoms with Gasteiger partial charge in [-0.15, -0.1) is 0 Å². The van der Waals surface area contributed by atoms with Crippen molar-refractivity contribution in [3.05, 3.63) is 29.1 Å². The third-order valence-corrected chi connectivity index (χ3v) is 1.81. The highest BCUT2D eigenvalue weighted by atomic mass is 14.7. The Hall–Kier alpha value is -1.36. The van der Waals surface area contributed by atoms with Crippen LogP contribution in [0, 0.1) is 25.2 Å². The molecule has 0 fully saturated rings. The van der Waals surface area contributed by atoms with Gasteiger partial charge in [-0.25, -0.2) is 0 Å². The molecule has 2 heteroatoms. The lowest BCUT2D eigenvalue weighted by Gasteiger charge is -2.02. The first kappa shape index (κ1) is 8.73. The molecular weight excluding hydrogens is 148 g/mol. The molecule has 0 spiro atoms. The Morgan fingerprint density at radius 2 is 2.17 bits per heavy atom. The Balaban J connectivity index is 2.84. The van der Waals surface area contributed by atoms with Crippen molar-refractivity contribution in [1.82, 2.24) is 4.98 Å². The first-order valence-corrected chi connectivity index (χ1v) is 4.04. The fourth-order valence-corrected chi connectivity index (χ4v) is 1.11. The van der Waals surface area contributed by atoms with E-state index >= 15 is 0 Å². The van der Waals surface area contributed by atoms with Gasteiger partial charge in [-0.05, 0) is 25.5 Å². The molecule has 0 saturated heterocycles. The highest BCUT2D eigenvalue weighted by Gasteiger charge is 1.98. The molecule has 1 heterocycles. The first-order valence-electron chi connectivity index (χ1n) is 4.04. The van der Waals surface area contributed by atoms with Crippen molar-refractivity contribution in [1.29, 1.82) is 5.26 Å². The SMILES string of the molecule is Cc1ccc(C)c(CCC#N)n1. The summed E-state index contributed by atoms with van der Waals surface area (Å²) in [5, 5.41) is 8.41. The Bertz CT molecular complexity index is 310. The second-order valence-corrected chi connectivity index (χ2v) is 2.87. The Morgan fingerprint density at radius 3 is 2.83 bits per heavy atom. The van der Waals surface area contributed by atoms with Crippen LogP contribution in [0.2, 0.25) is 0 Å². The molecule has 1 aromatic heterocycles. The van der Waals surface area contributed by atoms with Crippen LogP contribution < -0.4 is 0 Å². The molecule has 1 aromatic rings. The molecule has 0 bridgehead atoms. The Morgan fingerprint density at radius 1 is 1.42 bits per heavy atom. The number of hydrogen-bond acceptors (Lipinski definition) is 2. The van der Waals surface area contributed by atoms with Gasteiger partial charge in [-0.3, -0.25) is 4.98 Å². The molecule has 2 nitrogen and oxygen atoms in total. The van der Waals surface area contributed by atoms with E-state index in [-0.39, 0.29) is 0 Å². The Kier molecular flexibility index (Phi) is 2.82. The minimum atomic E-state index is 0.553. The van der Waals surface area contributed by atoms with Gasteiger partial charge in [-0.1, -0.05) is 6.07 Å². The van der Waals surface area contributed by atoms with E-state index in [4.69, 9.17) is 5.26 Å². The molecule has 0 saturated carbocycles. The highest BCUT2D eigenvalue weighted by Crippen LogP contribution is 2.07. The summed E-state index contributed by atoms with van der Waals surface area (Å²) in [5.74, 6) is 0. The minimum Gasteiger partial charge on any atom is -0.258 e. The van der Waals surface area contributed by atoms with Crippen LogP contribution in [0.1, 0.15) is 23.4 Å². The fraction of sp³-hybridized carbons (Fsp3) is 0.400. The van der Waals surface area contributed by atoms with E-state index in [1.54, 1.807) is 0 Å². The van der Waals surface area contributed by atoms with E-state index in [1.807, 2.05) is 19.9 Å². The van der Waals surface area contributed by atoms with Crippen molar-refractivity contribution in [2.24, 2.45) is 0 Å². The number of nitrogens with zero attached hydrogens (tertiary/aromatic N) is 2. The molecule has 0 atom stereocenters. The monoisotopic (exact) mass is 160 g/mol. The number of nitriles is 1. The summed E-state index contributed by atoms with van der Waals surface area (Å²) in [7, 11) is 0. The second-order valence-electron chi connectivity index (χ2n) is 2.87. The molecule has 0 N–H and O–H groups in total. The quantitative estimate of drug-likeness (QED) is 0.664. The average molecular weight is 160 g/mol. The third kappa shape index (κ3) is 2.06. The van der Waals surface area contributed by atoms with Gasteiger partial charge in [0.1, 0.15) is 0 Å². The normalized spacial score (nSPS) is 9.42. The van der Waals surface area contributed by atoms with Crippen molar-refractivity contribution in [2.45, 2.75) is 26.7 Å². The predicted octanol–water partition coefficient (Wildman–Crippen LogP) is 2.15. The summed E-state index contributed by atoms with van der Waals surface area (Å²) in [6.45, 7) is 3.99. The first-order chi connectivity index (χ1) is 5.74. The molecule has 12 heavy (non-hydrogen) atoms. The van der Waals surface area contributed by atoms with Gasteiger partial charge in [-0.2, -0.15) is 5.26 Å². The summed E-state index contributed by atoms with van der Waals surface area (Å²) < 4.78 is 0. The summed E-state index contributed by atoms with van der Waals surface area (Å²) in [6.07, 6.45) is 1.32. The minimum absolute atomic E-state index is 0.553. The van der Waals surface area contributed by atoms with Crippen molar-refractivity contribution in [3.63, 3.8) is 0 Å². The van der Waals surface area contributed by atoms with Gasteiger partial charge in [0, 0.05) is 24.2 Å². The number of hydrogen-bond donors (Lipinski definition) is 0. The topological polar surface area (TPSA) is 36.7 Å². The largest absolute Gasteiger partial charge is 0.258 e. The lowest BCUT2D eigenvalue weighted by Crippen LogP contribution is -1.95. The van der Waals surface area contributed by atoms with Crippen molar-refractivity contribution in [2.75, 3.05) is 0 Å². The van der Waals surface area contributed by atoms with Gasteiger partial charge < -0.3 is 0 Å². The van der Waals surface area contributed by atoms with Crippen molar-refractivity contribution in [3.8, 4) is 6.07 Å². The van der Waals surface area contributed by atoms with Crippen molar-refractivity contribution >= 4 is 0 Å². The molecule has 0 radical (unpaired) electrons. The lowest BCUT2D eigenvalue weighted by atomic mass is 10.1. The fourth-order valence-electron chi connectivity index (χ4n) is 1.11. The van der Waals surface area contributed by atoms with E-state index in [2.05, 4.69) is 17.1 Å². The smallest absolute Gasteiger partial charge is 0.0625 e. The maximum absolute atomic E-state index is 8.41. The van der Waals surface area contributed by atoms with Crippen LogP contribution in [0.4, 0.5) is 0 Å². The zero-order chi connectivity index (χ0) is 8.97. The Labute approximate surface area is 72.9 Å². The third-order valence-electron chi connectivity index (χ3n) is 1.81. The maximum atomic E-state index is 8.41. The standard InChI is InChI=1S/C10H12N2/c1-8-5-6-9(2)12-10(8)4-3-7-11/h5-6H,3-4H2,1-2H3. The number of pyridine rings is 1. The van der Waals surface area contributed by atoms with Crippen LogP contribution in [0.5, 0.6) is 0 Å². The van der Waals surface area contributed by atoms with Gasteiger partial charge in [0.05, 0.1) is 6.07 Å². The molecule has 62 valence electrons. The summed E-state index contributed by atoms with van der Waals surface area (Å²) in [6, 6.07) is 6.16. The molecule has 0 unspecified atom stereocenters. The second kappa shape index (κ2) is 3.87. The van der Waals surface area contributed by atoms with Crippen molar-refractivity contribution < 1.29 is 0 Å². The van der Waals surface area contributed by atoms with Crippen LogP contribution in [0.3, 0.4) is 0 Å². The molecule has 0 aliphatic rings.